The van der Waals surface area contributed by atoms with Crippen molar-refractivity contribution in [1.82, 2.24) is 5.32 Å². The Labute approximate surface area is 121 Å². The second-order valence-electron chi connectivity index (χ2n) is 4.74. The zero-order chi connectivity index (χ0) is 14.3. The van der Waals surface area contributed by atoms with Crippen LogP contribution < -0.4 is 15.8 Å². The number of methoxy groups -OCH3 is 1. The number of aryl methyl sites for hydroxylation is 2. The molecular weight excluding hydrogens is 272 g/mol. The van der Waals surface area contributed by atoms with Crippen molar-refractivity contribution < 1.29 is 9.53 Å². The van der Waals surface area contributed by atoms with Crippen molar-refractivity contribution >= 4 is 22.2 Å². The number of ether oxygens (including phenoxy) is 1. The van der Waals surface area contributed by atoms with E-state index in [0.29, 0.717) is 10.6 Å². The molecule has 0 aliphatic heterocycles. The average molecular weight is 288 g/mol. The van der Waals surface area contributed by atoms with Crippen molar-refractivity contribution in [3.05, 3.63) is 34.2 Å². The van der Waals surface area contributed by atoms with Crippen LogP contribution in [-0.4, -0.2) is 20.1 Å². The Kier molecular flexibility index (Phi) is 3.14. The number of fused-ring (bicyclic) bond motifs is 3. The molecule has 1 amide bonds. The van der Waals surface area contributed by atoms with Gasteiger partial charge in [0.25, 0.3) is 5.91 Å². The summed E-state index contributed by atoms with van der Waals surface area (Å²) in [6.45, 7) is 0. The third kappa shape index (κ3) is 1.86. The van der Waals surface area contributed by atoms with Crippen LogP contribution in [0.2, 0.25) is 0 Å². The van der Waals surface area contributed by atoms with Gasteiger partial charge in [0.05, 0.1) is 17.7 Å². The van der Waals surface area contributed by atoms with E-state index in [1.807, 2.05) is 12.1 Å². The molecule has 2 aromatic rings. The first-order valence-corrected chi connectivity index (χ1v) is 7.28. The molecule has 1 aromatic heterocycles. The highest BCUT2D eigenvalue weighted by Crippen LogP contribution is 2.44. The van der Waals surface area contributed by atoms with E-state index in [4.69, 9.17) is 10.5 Å². The number of anilines is 1. The summed E-state index contributed by atoms with van der Waals surface area (Å²) in [7, 11) is 3.27. The van der Waals surface area contributed by atoms with Crippen molar-refractivity contribution in [1.29, 1.82) is 0 Å². The van der Waals surface area contributed by atoms with E-state index in [0.717, 1.165) is 29.7 Å². The molecule has 3 N–H and O–H groups in total. The van der Waals surface area contributed by atoms with Crippen LogP contribution in [0.1, 0.15) is 20.8 Å². The lowest BCUT2D eigenvalue weighted by Gasteiger charge is -2.18. The lowest BCUT2D eigenvalue weighted by Crippen LogP contribution is -2.19. The Balaban J connectivity index is 2.26. The first-order valence-electron chi connectivity index (χ1n) is 6.46. The van der Waals surface area contributed by atoms with E-state index in [1.165, 1.54) is 21.8 Å². The summed E-state index contributed by atoms with van der Waals surface area (Å²) in [5.74, 6) is 0.667. The minimum Gasteiger partial charge on any atom is -0.497 e. The molecule has 0 saturated heterocycles. The Morgan fingerprint density at radius 1 is 1.40 bits per heavy atom. The Bertz CT molecular complexity index is 691. The smallest absolute Gasteiger partial charge is 0.254 e. The number of hydrogen-bond donors (Lipinski definition) is 2. The van der Waals surface area contributed by atoms with Gasteiger partial charge >= 0.3 is 0 Å². The molecule has 104 valence electrons. The van der Waals surface area contributed by atoms with Crippen LogP contribution in [-0.2, 0) is 12.8 Å². The van der Waals surface area contributed by atoms with Crippen LogP contribution in [0.3, 0.4) is 0 Å². The predicted molar refractivity (Wildman–Crippen MR) is 81.5 cm³/mol. The first-order chi connectivity index (χ1) is 9.65. The fourth-order valence-corrected chi connectivity index (χ4v) is 3.77. The van der Waals surface area contributed by atoms with Gasteiger partial charge in [0.15, 0.2) is 0 Å². The van der Waals surface area contributed by atoms with Crippen LogP contribution in [0, 0.1) is 0 Å². The maximum absolute atomic E-state index is 12.1. The number of benzene rings is 1. The van der Waals surface area contributed by atoms with Gasteiger partial charge in [-0.1, -0.05) is 6.07 Å². The maximum atomic E-state index is 12.1. The fourth-order valence-electron chi connectivity index (χ4n) is 2.69. The summed E-state index contributed by atoms with van der Waals surface area (Å²) in [4.78, 5) is 13.3. The number of hydrogen-bond acceptors (Lipinski definition) is 4. The normalized spacial score (nSPS) is 12.5. The second-order valence-corrected chi connectivity index (χ2v) is 5.88. The van der Waals surface area contributed by atoms with Gasteiger partial charge in [0.2, 0.25) is 0 Å². The van der Waals surface area contributed by atoms with Gasteiger partial charge in [0.1, 0.15) is 5.75 Å². The van der Waals surface area contributed by atoms with E-state index in [-0.39, 0.29) is 5.91 Å². The van der Waals surface area contributed by atoms with Gasteiger partial charge in [0, 0.05) is 17.5 Å². The third-order valence-electron chi connectivity index (χ3n) is 3.67. The molecule has 1 aromatic carbocycles. The number of rotatable bonds is 2. The second kappa shape index (κ2) is 4.83. The summed E-state index contributed by atoms with van der Waals surface area (Å²) < 4.78 is 5.30. The molecule has 0 spiro atoms. The largest absolute Gasteiger partial charge is 0.497 e. The molecule has 1 aliphatic rings. The summed E-state index contributed by atoms with van der Waals surface area (Å²) >= 11 is 1.51. The first kappa shape index (κ1) is 13.0. The fraction of sp³-hybridized carbons (Fsp3) is 0.267. The van der Waals surface area contributed by atoms with E-state index in [9.17, 15) is 4.79 Å². The maximum Gasteiger partial charge on any atom is 0.254 e. The summed E-state index contributed by atoms with van der Waals surface area (Å²) in [6.07, 6.45) is 1.90. The predicted octanol–water partition coefficient (Wildman–Crippen LogP) is 2.46. The topological polar surface area (TPSA) is 64.4 Å². The molecule has 0 radical (unpaired) electrons. The van der Waals surface area contributed by atoms with Gasteiger partial charge in [-0.05, 0) is 36.1 Å². The average Bonchev–Trinajstić information content (AvgIpc) is 2.82. The molecule has 1 heterocycles. The monoisotopic (exact) mass is 288 g/mol. The summed E-state index contributed by atoms with van der Waals surface area (Å²) in [6, 6.07) is 6.02. The number of thiophene rings is 1. The number of amides is 1. The molecule has 0 bridgehead atoms. The van der Waals surface area contributed by atoms with Gasteiger partial charge in [-0.2, -0.15) is 0 Å². The van der Waals surface area contributed by atoms with Crippen molar-refractivity contribution in [2.45, 2.75) is 12.8 Å². The van der Waals surface area contributed by atoms with Crippen LogP contribution >= 0.6 is 11.3 Å². The Morgan fingerprint density at radius 3 is 2.90 bits per heavy atom. The van der Waals surface area contributed by atoms with E-state index >= 15 is 0 Å². The van der Waals surface area contributed by atoms with Crippen LogP contribution in [0.25, 0.3) is 11.1 Å². The minimum atomic E-state index is -0.129. The molecule has 0 fully saturated rings. The van der Waals surface area contributed by atoms with Crippen LogP contribution in [0.4, 0.5) is 5.00 Å². The van der Waals surface area contributed by atoms with Crippen LogP contribution in [0.15, 0.2) is 18.2 Å². The Morgan fingerprint density at radius 2 is 2.20 bits per heavy atom. The quantitative estimate of drug-likeness (QED) is 0.892. The summed E-state index contributed by atoms with van der Waals surface area (Å²) in [5.41, 5.74) is 9.93. The molecular formula is C15H16N2O2S. The van der Waals surface area contributed by atoms with Gasteiger partial charge in [-0.25, -0.2) is 0 Å². The molecule has 20 heavy (non-hydrogen) atoms. The van der Waals surface area contributed by atoms with Crippen molar-refractivity contribution in [3.8, 4) is 16.9 Å². The van der Waals surface area contributed by atoms with E-state index in [2.05, 4.69) is 11.4 Å². The summed E-state index contributed by atoms with van der Waals surface area (Å²) in [5, 5.41) is 3.26. The third-order valence-corrected chi connectivity index (χ3v) is 4.75. The lowest BCUT2D eigenvalue weighted by molar-refractivity contribution is 0.0965. The molecule has 0 saturated carbocycles. The molecule has 1 aliphatic carbocycles. The van der Waals surface area contributed by atoms with Gasteiger partial charge in [-0.15, -0.1) is 11.3 Å². The van der Waals surface area contributed by atoms with E-state index < -0.39 is 0 Å². The standard InChI is InChI=1S/C15H16N2O2S/c1-17-15(18)13-12-10-7-9(19-2)5-3-8(10)4-6-11(12)20-14(13)16/h3,5,7H,4,6,16H2,1-2H3,(H,17,18). The van der Waals surface area contributed by atoms with Gasteiger partial charge in [-0.3, -0.25) is 4.79 Å². The lowest BCUT2D eigenvalue weighted by atomic mass is 9.88. The highest BCUT2D eigenvalue weighted by atomic mass is 32.1. The zero-order valence-corrected chi connectivity index (χ0v) is 12.3. The van der Waals surface area contributed by atoms with Gasteiger partial charge < -0.3 is 15.8 Å². The highest BCUT2D eigenvalue weighted by molar-refractivity contribution is 7.17. The Hall–Kier alpha value is -2.01. The van der Waals surface area contributed by atoms with Crippen molar-refractivity contribution in [2.75, 3.05) is 19.9 Å². The van der Waals surface area contributed by atoms with Crippen LogP contribution in [0.5, 0.6) is 5.75 Å². The molecule has 4 nitrogen and oxygen atoms in total. The molecule has 0 atom stereocenters. The van der Waals surface area contributed by atoms with E-state index in [1.54, 1.807) is 14.2 Å². The number of carbonyl (C=O) groups excluding carboxylic acids is 1. The number of nitrogens with one attached hydrogen (secondary N) is 1. The van der Waals surface area contributed by atoms with Crippen molar-refractivity contribution in [3.63, 3.8) is 0 Å². The highest BCUT2D eigenvalue weighted by Gasteiger charge is 2.27. The minimum absolute atomic E-state index is 0.129. The number of carbonyl (C=O) groups is 1. The molecule has 0 unspecified atom stereocenters. The zero-order valence-electron chi connectivity index (χ0n) is 11.4. The molecule has 3 rings (SSSR count). The van der Waals surface area contributed by atoms with Crippen molar-refractivity contribution in [2.24, 2.45) is 0 Å². The SMILES string of the molecule is CNC(=O)c1c(N)sc2c1-c1cc(OC)ccc1CC2. The number of nitrogen functional groups attached to an aromatic ring is 1. The number of nitrogens with two attached hydrogens (primary N) is 1. The molecule has 5 heteroatoms.